The second-order valence-corrected chi connectivity index (χ2v) is 4.73. The van der Waals surface area contributed by atoms with E-state index in [0.29, 0.717) is 6.54 Å². The molecule has 2 aromatic heterocycles. The van der Waals surface area contributed by atoms with Gasteiger partial charge in [0.15, 0.2) is 5.89 Å². The van der Waals surface area contributed by atoms with Gasteiger partial charge in [0.2, 0.25) is 0 Å². The van der Waals surface area contributed by atoms with Gasteiger partial charge < -0.3 is 8.98 Å². The largest absolute Gasteiger partial charge is 0.444 e. The fourth-order valence-corrected chi connectivity index (χ4v) is 2.25. The Bertz CT molecular complexity index is 696. The van der Waals surface area contributed by atoms with Crippen LogP contribution in [0.2, 0.25) is 0 Å². The van der Waals surface area contributed by atoms with Crippen LogP contribution in [0.1, 0.15) is 30.7 Å². The number of hydrogen-bond donors (Lipinski definition) is 0. The lowest BCUT2D eigenvalue weighted by Crippen LogP contribution is -1.98. The maximum Gasteiger partial charge on any atom is 0.194 e. The van der Waals surface area contributed by atoms with Crippen molar-refractivity contribution in [2.75, 3.05) is 0 Å². The maximum absolute atomic E-state index is 5.82. The van der Waals surface area contributed by atoms with Crippen LogP contribution < -0.4 is 0 Å². The zero-order valence-electron chi connectivity index (χ0n) is 11.3. The molecule has 0 aliphatic carbocycles. The zero-order chi connectivity index (χ0) is 13.2. The Hall–Kier alpha value is -2.10. The molecule has 0 aliphatic heterocycles. The van der Waals surface area contributed by atoms with Gasteiger partial charge in [0.1, 0.15) is 5.76 Å². The molecule has 3 aromatic rings. The molecule has 4 nitrogen and oxygen atoms in total. The second-order valence-electron chi connectivity index (χ2n) is 4.73. The summed E-state index contributed by atoms with van der Waals surface area (Å²) in [5, 5.41) is 0. The normalized spacial score (nSPS) is 11.3. The van der Waals surface area contributed by atoms with E-state index in [2.05, 4.69) is 27.5 Å². The molecule has 19 heavy (non-hydrogen) atoms. The van der Waals surface area contributed by atoms with E-state index in [1.165, 1.54) is 0 Å². The van der Waals surface area contributed by atoms with Gasteiger partial charge in [0.05, 0.1) is 29.6 Å². The Kier molecular flexibility index (Phi) is 3.07. The monoisotopic (exact) mass is 255 g/mol. The molecule has 0 saturated carbocycles. The van der Waals surface area contributed by atoms with Crippen molar-refractivity contribution in [3.8, 4) is 0 Å². The van der Waals surface area contributed by atoms with E-state index >= 15 is 0 Å². The lowest BCUT2D eigenvalue weighted by atomic mass is 10.3. The van der Waals surface area contributed by atoms with Crippen LogP contribution in [0.15, 0.2) is 35.0 Å². The summed E-state index contributed by atoms with van der Waals surface area (Å²) in [6.07, 6.45) is 3.80. The van der Waals surface area contributed by atoms with Gasteiger partial charge >= 0.3 is 0 Å². The minimum absolute atomic E-state index is 0.684. The standard InChI is InChI=1S/C15H17N3O/c1-3-6-15-17-11(2)14(19-15)9-18-10-16-12-7-4-5-8-13(12)18/h4-5,7-8,10H,3,6,9H2,1-2H3. The van der Waals surface area contributed by atoms with Crippen LogP contribution >= 0.6 is 0 Å². The Labute approximate surface area is 112 Å². The van der Waals surface area contributed by atoms with Gasteiger partial charge in [-0.3, -0.25) is 0 Å². The Morgan fingerprint density at radius 2 is 2.11 bits per heavy atom. The number of hydrogen-bond acceptors (Lipinski definition) is 3. The molecule has 1 aromatic carbocycles. The van der Waals surface area contributed by atoms with Crippen LogP contribution in [-0.4, -0.2) is 14.5 Å². The molecule has 4 heteroatoms. The fourth-order valence-electron chi connectivity index (χ4n) is 2.25. The number of fused-ring (bicyclic) bond motifs is 1. The molecule has 0 atom stereocenters. The molecule has 98 valence electrons. The Morgan fingerprint density at radius 3 is 2.95 bits per heavy atom. The Balaban J connectivity index is 1.92. The number of nitrogens with zero attached hydrogens (tertiary/aromatic N) is 3. The van der Waals surface area contributed by atoms with Crippen LogP contribution in [0, 0.1) is 6.92 Å². The summed E-state index contributed by atoms with van der Waals surface area (Å²) in [7, 11) is 0. The van der Waals surface area contributed by atoms with Gasteiger partial charge in [0, 0.05) is 6.42 Å². The van der Waals surface area contributed by atoms with Crippen LogP contribution in [0.5, 0.6) is 0 Å². The van der Waals surface area contributed by atoms with Gasteiger partial charge in [-0.1, -0.05) is 19.1 Å². The number of aromatic nitrogens is 3. The van der Waals surface area contributed by atoms with E-state index in [1.807, 2.05) is 31.5 Å². The molecular formula is C15H17N3O. The molecular weight excluding hydrogens is 238 g/mol. The van der Waals surface area contributed by atoms with Gasteiger partial charge in [-0.05, 0) is 25.5 Å². The van der Waals surface area contributed by atoms with Gasteiger partial charge in [0.25, 0.3) is 0 Å². The van der Waals surface area contributed by atoms with Gasteiger partial charge in [-0.2, -0.15) is 0 Å². The van der Waals surface area contributed by atoms with E-state index in [0.717, 1.165) is 41.2 Å². The van der Waals surface area contributed by atoms with Crippen molar-refractivity contribution in [1.82, 2.24) is 14.5 Å². The number of aryl methyl sites for hydroxylation is 2. The first-order valence-electron chi connectivity index (χ1n) is 6.63. The molecule has 0 amide bonds. The summed E-state index contributed by atoms with van der Waals surface area (Å²) in [5.74, 6) is 1.76. The van der Waals surface area contributed by atoms with Crippen LogP contribution in [-0.2, 0) is 13.0 Å². The molecule has 0 spiro atoms. The quantitative estimate of drug-likeness (QED) is 0.718. The summed E-state index contributed by atoms with van der Waals surface area (Å²) < 4.78 is 7.91. The summed E-state index contributed by atoms with van der Waals surface area (Å²) >= 11 is 0. The van der Waals surface area contributed by atoms with Crippen LogP contribution in [0.25, 0.3) is 11.0 Å². The number of oxazole rings is 1. The average Bonchev–Trinajstić information content (AvgIpc) is 2.96. The average molecular weight is 255 g/mol. The van der Waals surface area contributed by atoms with E-state index < -0.39 is 0 Å². The zero-order valence-corrected chi connectivity index (χ0v) is 11.3. The van der Waals surface area contributed by atoms with Gasteiger partial charge in [-0.15, -0.1) is 0 Å². The second kappa shape index (κ2) is 4.88. The predicted molar refractivity (Wildman–Crippen MR) is 74.1 cm³/mol. The number of rotatable bonds is 4. The predicted octanol–water partition coefficient (Wildman–Crippen LogP) is 3.33. The van der Waals surface area contributed by atoms with Crippen molar-refractivity contribution in [3.05, 3.63) is 47.9 Å². The summed E-state index contributed by atoms with van der Waals surface area (Å²) in [6.45, 7) is 4.81. The van der Waals surface area contributed by atoms with E-state index in [1.54, 1.807) is 0 Å². The summed E-state index contributed by atoms with van der Waals surface area (Å²) in [6, 6.07) is 8.11. The lowest BCUT2D eigenvalue weighted by molar-refractivity contribution is 0.443. The van der Waals surface area contributed by atoms with Crippen molar-refractivity contribution >= 4 is 11.0 Å². The summed E-state index contributed by atoms with van der Waals surface area (Å²) in [5.41, 5.74) is 3.10. The highest BCUT2D eigenvalue weighted by Gasteiger charge is 2.11. The van der Waals surface area contributed by atoms with Crippen LogP contribution in [0.3, 0.4) is 0 Å². The number of benzene rings is 1. The third kappa shape index (κ3) is 2.26. The maximum atomic E-state index is 5.82. The topological polar surface area (TPSA) is 43.9 Å². The van der Waals surface area contributed by atoms with Crippen molar-refractivity contribution in [2.45, 2.75) is 33.2 Å². The first-order chi connectivity index (χ1) is 9.28. The highest BCUT2D eigenvalue weighted by Crippen LogP contribution is 2.17. The van der Waals surface area contributed by atoms with Crippen molar-refractivity contribution in [2.24, 2.45) is 0 Å². The third-order valence-corrected chi connectivity index (χ3v) is 3.24. The fraction of sp³-hybridized carbons (Fsp3) is 0.333. The SMILES string of the molecule is CCCc1nc(C)c(Cn2cnc3ccccc32)o1. The molecule has 0 fully saturated rings. The third-order valence-electron chi connectivity index (χ3n) is 3.24. The van der Waals surface area contributed by atoms with Crippen molar-refractivity contribution in [3.63, 3.8) is 0 Å². The molecule has 0 aliphatic rings. The first kappa shape index (κ1) is 12.0. The molecule has 2 heterocycles. The highest BCUT2D eigenvalue weighted by molar-refractivity contribution is 5.74. The smallest absolute Gasteiger partial charge is 0.194 e. The first-order valence-corrected chi connectivity index (χ1v) is 6.63. The minimum Gasteiger partial charge on any atom is -0.444 e. The van der Waals surface area contributed by atoms with Crippen LogP contribution in [0.4, 0.5) is 0 Å². The van der Waals surface area contributed by atoms with Crippen molar-refractivity contribution in [1.29, 1.82) is 0 Å². The molecule has 0 radical (unpaired) electrons. The Morgan fingerprint density at radius 1 is 1.26 bits per heavy atom. The number of para-hydroxylation sites is 2. The molecule has 0 bridgehead atoms. The van der Waals surface area contributed by atoms with E-state index in [-0.39, 0.29) is 0 Å². The molecule has 0 saturated heterocycles. The molecule has 0 unspecified atom stereocenters. The van der Waals surface area contributed by atoms with Gasteiger partial charge in [-0.25, -0.2) is 9.97 Å². The number of imidazole rings is 1. The highest BCUT2D eigenvalue weighted by atomic mass is 16.4. The minimum atomic E-state index is 0.684. The molecule has 0 N–H and O–H groups in total. The van der Waals surface area contributed by atoms with Crippen molar-refractivity contribution < 1.29 is 4.42 Å². The molecule has 3 rings (SSSR count). The van der Waals surface area contributed by atoms with E-state index in [9.17, 15) is 0 Å². The van der Waals surface area contributed by atoms with E-state index in [4.69, 9.17) is 4.42 Å². The summed E-state index contributed by atoms with van der Waals surface area (Å²) in [4.78, 5) is 8.85. The lowest BCUT2D eigenvalue weighted by Gasteiger charge is -2.01.